The summed E-state index contributed by atoms with van der Waals surface area (Å²) in [6.45, 7) is 12.6. The van der Waals surface area contributed by atoms with E-state index >= 15 is 0 Å². The molecule has 1 aliphatic rings. The lowest BCUT2D eigenvalue weighted by Gasteiger charge is -2.40. The minimum atomic E-state index is 0.609. The first kappa shape index (κ1) is 15.4. The van der Waals surface area contributed by atoms with Gasteiger partial charge in [0.1, 0.15) is 0 Å². The summed E-state index contributed by atoms with van der Waals surface area (Å²) in [5.74, 6) is 1.48. The Kier molecular flexibility index (Phi) is 5.47. The van der Waals surface area contributed by atoms with Crippen LogP contribution >= 0.6 is 0 Å². The summed E-state index contributed by atoms with van der Waals surface area (Å²) in [6.07, 6.45) is 2.43. The molecule has 0 amide bonds. The third kappa shape index (κ3) is 3.76. The van der Waals surface area contributed by atoms with Crippen LogP contribution in [0, 0.1) is 11.8 Å². The SMILES string of the molecule is CCC(CNCC(C)C)N1CC(C)Cc2ccccc21. The maximum absolute atomic E-state index is 3.64. The highest BCUT2D eigenvalue weighted by Crippen LogP contribution is 2.31. The first-order valence-electron chi connectivity index (χ1n) is 8.17. The Morgan fingerprint density at radius 1 is 1.25 bits per heavy atom. The molecule has 2 rings (SSSR count). The number of para-hydroxylation sites is 1. The highest BCUT2D eigenvalue weighted by molar-refractivity contribution is 5.56. The summed E-state index contributed by atoms with van der Waals surface area (Å²) < 4.78 is 0. The van der Waals surface area contributed by atoms with Crippen LogP contribution in [0.3, 0.4) is 0 Å². The predicted molar refractivity (Wildman–Crippen MR) is 88.4 cm³/mol. The van der Waals surface area contributed by atoms with E-state index in [-0.39, 0.29) is 0 Å². The average molecular weight is 274 g/mol. The Morgan fingerprint density at radius 3 is 2.70 bits per heavy atom. The van der Waals surface area contributed by atoms with E-state index in [9.17, 15) is 0 Å². The zero-order valence-electron chi connectivity index (χ0n) is 13.5. The molecule has 1 aliphatic heterocycles. The molecular formula is C18H30N2. The summed E-state index contributed by atoms with van der Waals surface area (Å²) in [5, 5.41) is 3.64. The first-order valence-corrected chi connectivity index (χ1v) is 8.17. The maximum Gasteiger partial charge on any atom is 0.0412 e. The largest absolute Gasteiger partial charge is 0.367 e. The fraction of sp³-hybridized carbons (Fsp3) is 0.667. The topological polar surface area (TPSA) is 15.3 Å². The molecule has 0 aliphatic carbocycles. The van der Waals surface area contributed by atoms with E-state index in [4.69, 9.17) is 0 Å². The number of anilines is 1. The van der Waals surface area contributed by atoms with Crippen LogP contribution in [0.15, 0.2) is 24.3 Å². The van der Waals surface area contributed by atoms with E-state index in [1.54, 1.807) is 0 Å². The molecule has 1 N–H and O–H groups in total. The van der Waals surface area contributed by atoms with Gasteiger partial charge in [-0.2, -0.15) is 0 Å². The molecule has 112 valence electrons. The van der Waals surface area contributed by atoms with E-state index in [1.165, 1.54) is 30.6 Å². The molecule has 1 aromatic rings. The maximum atomic E-state index is 3.64. The molecule has 0 radical (unpaired) electrons. The third-order valence-corrected chi connectivity index (χ3v) is 4.22. The molecule has 0 fully saturated rings. The standard InChI is InChI=1S/C18H30N2/c1-5-17(12-19-11-14(2)3)20-13-15(4)10-16-8-6-7-9-18(16)20/h6-9,14-15,17,19H,5,10-13H2,1-4H3. The minimum Gasteiger partial charge on any atom is -0.367 e. The van der Waals surface area contributed by atoms with Crippen molar-refractivity contribution in [2.24, 2.45) is 11.8 Å². The molecule has 0 saturated carbocycles. The highest BCUT2D eigenvalue weighted by atomic mass is 15.2. The van der Waals surface area contributed by atoms with Crippen molar-refractivity contribution in [2.75, 3.05) is 24.5 Å². The Balaban J connectivity index is 2.09. The van der Waals surface area contributed by atoms with Crippen molar-refractivity contribution in [3.8, 4) is 0 Å². The number of benzene rings is 1. The fourth-order valence-electron chi connectivity index (χ4n) is 3.20. The van der Waals surface area contributed by atoms with Gasteiger partial charge in [0, 0.05) is 24.8 Å². The first-order chi connectivity index (χ1) is 9.61. The van der Waals surface area contributed by atoms with Crippen LogP contribution in [-0.4, -0.2) is 25.7 Å². The van der Waals surface area contributed by atoms with Crippen molar-refractivity contribution in [3.63, 3.8) is 0 Å². The smallest absolute Gasteiger partial charge is 0.0412 e. The summed E-state index contributed by atoms with van der Waals surface area (Å²) in [4.78, 5) is 2.64. The van der Waals surface area contributed by atoms with Crippen LogP contribution < -0.4 is 10.2 Å². The van der Waals surface area contributed by atoms with Gasteiger partial charge < -0.3 is 10.2 Å². The van der Waals surface area contributed by atoms with Crippen LogP contribution in [0.2, 0.25) is 0 Å². The predicted octanol–water partition coefficient (Wildman–Crippen LogP) is 3.71. The van der Waals surface area contributed by atoms with E-state index < -0.39 is 0 Å². The normalized spacial score (nSPS) is 20.1. The van der Waals surface area contributed by atoms with Gasteiger partial charge in [-0.1, -0.05) is 45.9 Å². The molecule has 2 heteroatoms. The molecule has 0 bridgehead atoms. The monoisotopic (exact) mass is 274 g/mol. The van der Waals surface area contributed by atoms with Gasteiger partial charge in [-0.25, -0.2) is 0 Å². The van der Waals surface area contributed by atoms with Gasteiger partial charge in [0.25, 0.3) is 0 Å². The van der Waals surface area contributed by atoms with Crippen molar-refractivity contribution in [1.29, 1.82) is 0 Å². The van der Waals surface area contributed by atoms with Crippen LogP contribution in [0.1, 0.15) is 39.7 Å². The fourth-order valence-corrected chi connectivity index (χ4v) is 3.20. The second-order valence-electron chi connectivity index (χ2n) is 6.70. The van der Waals surface area contributed by atoms with E-state index in [0.717, 1.165) is 24.9 Å². The van der Waals surface area contributed by atoms with Crippen LogP contribution in [0.4, 0.5) is 5.69 Å². The van der Waals surface area contributed by atoms with E-state index in [2.05, 4.69) is 62.2 Å². The quantitative estimate of drug-likeness (QED) is 0.850. The number of nitrogens with one attached hydrogen (secondary N) is 1. The van der Waals surface area contributed by atoms with Crippen LogP contribution in [-0.2, 0) is 6.42 Å². The molecule has 2 unspecified atom stereocenters. The molecule has 20 heavy (non-hydrogen) atoms. The Bertz CT molecular complexity index is 414. The number of fused-ring (bicyclic) bond motifs is 1. The van der Waals surface area contributed by atoms with Crippen molar-refractivity contribution in [2.45, 2.75) is 46.6 Å². The number of rotatable bonds is 6. The van der Waals surface area contributed by atoms with Crippen molar-refractivity contribution in [1.82, 2.24) is 5.32 Å². The van der Waals surface area contributed by atoms with Gasteiger partial charge in [-0.3, -0.25) is 0 Å². The zero-order valence-corrected chi connectivity index (χ0v) is 13.5. The van der Waals surface area contributed by atoms with Gasteiger partial charge in [0.15, 0.2) is 0 Å². The lowest BCUT2D eigenvalue weighted by atomic mass is 9.92. The summed E-state index contributed by atoms with van der Waals surface area (Å²) in [6, 6.07) is 9.56. The van der Waals surface area contributed by atoms with Gasteiger partial charge in [0.05, 0.1) is 0 Å². The van der Waals surface area contributed by atoms with Gasteiger partial charge in [0.2, 0.25) is 0 Å². The molecule has 2 nitrogen and oxygen atoms in total. The summed E-state index contributed by atoms with van der Waals surface area (Å²) in [5.41, 5.74) is 2.98. The van der Waals surface area contributed by atoms with Gasteiger partial charge in [-0.15, -0.1) is 0 Å². The molecule has 2 atom stereocenters. The number of hydrogen-bond donors (Lipinski definition) is 1. The van der Waals surface area contributed by atoms with E-state index in [1.807, 2.05) is 0 Å². The Hall–Kier alpha value is -1.02. The summed E-state index contributed by atoms with van der Waals surface area (Å²) in [7, 11) is 0. The Labute approximate surface area is 124 Å². The number of hydrogen-bond acceptors (Lipinski definition) is 2. The van der Waals surface area contributed by atoms with Gasteiger partial charge in [-0.05, 0) is 42.9 Å². The second kappa shape index (κ2) is 7.12. The number of nitrogens with zero attached hydrogens (tertiary/aromatic N) is 1. The zero-order chi connectivity index (χ0) is 14.5. The van der Waals surface area contributed by atoms with E-state index in [0.29, 0.717) is 6.04 Å². The van der Waals surface area contributed by atoms with Crippen LogP contribution in [0.25, 0.3) is 0 Å². The lowest BCUT2D eigenvalue weighted by molar-refractivity contribution is 0.440. The molecule has 0 spiro atoms. The Morgan fingerprint density at radius 2 is 2.00 bits per heavy atom. The molecule has 0 aromatic heterocycles. The third-order valence-electron chi connectivity index (χ3n) is 4.22. The molecular weight excluding hydrogens is 244 g/mol. The average Bonchev–Trinajstić information content (AvgIpc) is 2.42. The molecule has 0 saturated heterocycles. The van der Waals surface area contributed by atoms with Crippen molar-refractivity contribution < 1.29 is 0 Å². The van der Waals surface area contributed by atoms with Crippen molar-refractivity contribution >= 4 is 5.69 Å². The highest BCUT2D eigenvalue weighted by Gasteiger charge is 2.26. The molecule has 1 heterocycles. The minimum absolute atomic E-state index is 0.609. The lowest BCUT2D eigenvalue weighted by Crippen LogP contribution is -2.47. The molecule has 1 aromatic carbocycles. The van der Waals surface area contributed by atoms with Gasteiger partial charge >= 0.3 is 0 Å². The second-order valence-corrected chi connectivity index (χ2v) is 6.70. The van der Waals surface area contributed by atoms with Crippen LogP contribution in [0.5, 0.6) is 0 Å². The summed E-state index contributed by atoms with van der Waals surface area (Å²) >= 11 is 0. The van der Waals surface area contributed by atoms with Crippen molar-refractivity contribution in [3.05, 3.63) is 29.8 Å².